The van der Waals surface area contributed by atoms with Gasteiger partial charge in [0.25, 0.3) is 0 Å². The normalized spacial score (nSPS) is 20.2. The number of hydrogen-bond donors (Lipinski definition) is 1. The van der Waals surface area contributed by atoms with Gasteiger partial charge in [-0.15, -0.1) is 10.2 Å². The standard InChI is InChI=1S/C20H26ClN5O2S/c1-14(18(27)22-13-17-8-5-11-28-17)29-20-24-23-19(25-9-2-3-10-25)26(20)16-7-4-6-15(21)12-16/h4,6-7,12,14,17H,2-3,5,8-11,13H2,1H3,(H,22,27)/t14-,17-/m1/s1. The molecule has 0 radical (unpaired) electrons. The van der Waals surface area contributed by atoms with Gasteiger partial charge in [-0.1, -0.05) is 29.4 Å². The van der Waals surface area contributed by atoms with E-state index in [0.717, 1.165) is 57.0 Å². The van der Waals surface area contributed by atoms with Gasteiger partial charge < -0.3 is 15.0 Å². The third-order valence-electron chi connectivity index (χ3n) is 5.25. The smallest absolute Gasteiger partial charge is 0.233 e. The summed E-state index contributed by atoms with van der Waals surface area (Å²) in [6, 6.07) is 7.65. The lowest BCUT2D eigenvalue weighted by atomic mass is 10.2. The summed E-state index contributed by atoms with van der Waals surface area (Å²) in [6.07, 6.45) is 4.49. The Bertz CT molecular complexity index is 849. The van der Waals surface area contributed by atoms with Gasteiger partial charge >= 0.3 is 0 Å². The Balaban J connectivity index is 1.52. The number of thioether (sulfide) groups is 1. The zero-order chi connectivity index (χ0) is 20.2. The van der Waals surface area contributed by atoms with Crippen molar-refractivity contribution >= 4 is 35.2 Å². The van der Waals surface area contributed by atoms with Crippen LogP contribution in [0.5, 0.6) is 0 Å². The summed E-state index contributed by atoms with van der Waals surface area (Å²) in [5.41, 5.74) is 0.902. The molecule has 1 N–H and O–H groups in total. The maximum absolute atomic E-state index is 12.6. The van der Waals surface area contributed by atoms with Crippen molar-refractivity contribution in [3.8, 4) is 5.69 Å². The van der Waals surface area contributed by atoms with Gasteiger partial charge in [-0.05, 0) is 50.8 Å². The molecule has 1 amide bonds. The fraction of sp³-hybridized carbons (Fsp3) is 0.550. The molecule has 156 valence electrons. The van der Waals surface area contributed by atoms with Gasteiger partial charge in [-0.2, -0.15) is 0 Å². The second kappa shape index (κ2) is 9.36. The number of hydrogen-bond acceptors (Lipinski definition) is 6. The summed E-state index contributed by atoms with van der Waals surface area (Å²) in [4.78, 5) is 14.8. The number of carbonyl (C=O) groups excluding carboxylic acids is 1. The molecular weight excluding hydrogens is 410 g/mol. The maximum Gasteiger partial charge on any atom is 0.233 e. The number of ether oxygens (including phenoxy) is 1. The Labute approximate surface area is 180 Å². The lowest BCUT2D eigenvalue weighted by Gasteiger charge is -2.19. The van der Waals surface area contributed by atoms with Crippen LogP contribution in [-0.2, 0) is 9.53 Å². The van der Waals surface area contributed by atoms with E-state index >= 15 is 0 Å². The Morgan fingerprint density at radius 2 is 2.17 bits per heavy atom. The van der Waals surface area contributed by atoms with Crippen LogP contribution < -0.4 is 10.2 Å². The molecule has 4 rings (SSSR count). The van der Waals surface area contributed by atoms with Crippen LogP contribution >= 0.6 is 23.4 Å². The van der Waals surface area contributed by atoms with Crippen LogP contribution in [0.3, 0.4) is 0 Å². The minimum atomic E-state index is -0.301. The highest BCUT2D eigenvalue weighted by atomic mass is 35.5. The Morgan fingerprint density at radius 1 is 1.34 bits per heavy atom. The Kier molecular flexibility index (Phi) is 6.62. The average molecular weight is 436 g/mol. The van der Waals surface area contributed by atoms with E-state index in [-0.39, 0.29) is 17.3 Å². The van der Waals surface area contributed by atoms with Gasteiger partial charge in [0.05, 0.1) is 17.0 Å². The molecule has 2 saturated heterocycles. The van der Waals surface area contributed by atoms with Gasteiger partial charge in [-0.25, -0.2) is 0 Å². The van der Waals surface area contributed by atoms with Crippen LogP contribution in [-0.4, -0.2) is 58.3 Å². The molecule has 0 saturated carbocycles. The number of amides is 1. The molecule has 2 aliphatic heterocycles. The maximum atomic E-state index is 12.6. The quantitative estimate of drug-likeness (QED) is 0.673. The molecule has 1 aromatic carbocycles. The molecule has 1 aromatic heterocycles. The van der Waals surface area contributed by atoms with Gasteiger partial charge in [0.1, 0.15) is 0 Å². The second-order valence-corrected chi connectivity index (χ2v) is 9.18. The first kappa shape index (κ1) is 20.5. The lowest BCUT2D eigenvalue weighted by Crippen LogP contribution is -2.36. The van der Waals surface area contributed by atoms with Crippen LogP contribution in [0.2, 0.25) is 5.02 Å². The number of nitrogens with one attached hydrogen (secondary N) is 1. The summed E-state index contributed by atoms with van der Waals surface area (Å²) < 4.78 is 7.59. The second-order valence-electron chi connectivity index (χ2n) is 7.43. The monoisotopic (exact) mass is 435 g/mol. The summed E-state index contributed by atoms with van der Waals surface area (Å²) in [6.45, 7) is 5.15. The van der Waals surface area contributed by atoms with Crippen LogP contribution in [0.1, 0.15) is 32.6 Å². The van der Waals surface area contributed by atoms with E-state index in [2.05, 4.69) is 20.4 Å². The first-order valence-electron chi connectivity index (χ1n) is 10.1. The highest BCUT2D eigenvalue weighted by Gasteiger charge is 2.26. The highest BCUT2D eigenvalue weighted by molar-refractivity contribution is 8.00. The summed E-state index contributed by atoms with van der Waals surface area (Å²) >= 11 is 7.64. The van der Waals surface area contributed by atoms with Crippen LogP contribution in [0.25, 0.3) is 5.69 Å². The molecule has 2 atom stereocenters. The van der Waals surface area contributed by atoms with E-state index in [1.165, 1.54) is 11.8 Å². The molecule has 0 unspecified atom stereocenters. The molecule has 2 aromatic rings. The largest absolute Gasteiger partial charge is 0.376 e. The van der Waals surface area contributed by atoms with Crippen LogP contribution in [0.4, 0.5) is 5.95 Å². The molecule has 0 aliphatic carbocycles. The van der Waals surface area contributed by atoms with Crippen molar-refractivity contribution in [3.05, 3.63) is 29.3 Å². The van der Waals surface area contributed by atoms with Gasteiger partial charge in [-0.3, -0.25) is 9.36 Å². The van der Waals surface area contributed by atoms with Crippen molar-refractivity contribution < 1.29 is 9.53 Å². The predicted octanol–water partition coefficient (Wildman–Crippen LogP) is 3.30. The first-order chi connectivity index (χ1) is 14.1. The zero-order valence-corrected chi connectivity index (χ0v) is 18.1. The molecule has 0 spiro atoms. The molecular formula is C20H26ClN5O2S. The van der Waals surface area contributed by atoms with Crippen molar-refractivity contribution in [2.24, 2.45) is 0 Å². The van der Waals surface area contributed by atoms with Gasteiger partial charge in [0.15, 0.2) is 5.16 Å². The topological polar surface area (TPSA) is 72.3 Å². The van der Waals surface area contributed by atoms with Crippen LogP contribution in [0.15, 0.2) is 29.4 Å². The molecule has 7 nitrogen and oxygen atoms in total. The van der Waals surface area contributed by atoms with E-state index in [9.17, 15) is 4.79 Å². The minimum Gasteiger partial charge on any atom is -0.376 e. The summed E-state index contributed by atoms with van der Waals surface area (Å²) in [5.74, 6) is 0.785. The molecule has 29 heavy (non-hydrogen) atoms. The molecule has 3 heterocycles. The number of aromatic nitrogens is 3. The third kappa shape index (κ3) is 4.87. The average Bonchev–Trinajstić information content (AvgIpc) is 3.47. The molecule has 2 aliphatic rings. The van der Waals surface area contributed by atoms with Gasteiger partial charge in [0.2, 0.25) is 11.9 Å². The third-order valence-corrected chi connectivity index (χ3v) is 6.53. The van der Waals surface area contributed by atoms with Crippen molar-refractivity contribution in [1.82, 2.24) is 20.1 Å². The highest BCUT2D eigenvalue weighted by Crippen LogP contribution is 2.31. The van der Waals surface area contributed by atoms with E-state index in [4.69, 9.17) is 16.3 Å². The Hall–Kier alpha value is -1.77. The Morgan fingerprint density at radius 3 is 2.90 bits per heavy atom. The fourth-order valence-corrected chi connectivity index (χ4v) is 4.75. The predicted molar refractivity (Wildman–Crippen MR) is 115 cm³/mol. The van der Waals surface area contributed by atoms with E-state index in [1.807, 2.05) is 35.8 Å². The number of anilines is 1. The van der Waals surface area contributed by atoms with Crippen molar-refractivity contribution in [2.45, 2.75) is 49.1 Å². The van der Waals surface area contributed by atoms with E-state index < -0.39 is 0 Å². The van der Waals surface area contributed by atoms with Gasteiger partial charge in [0, 0.05) is 31.3 Å². The SMILES string of the molecule is C[C@@H](Sc1nnc(N2CCCC2)n1-c1cccc(Cl)c1)C(=O)NC[C@H]1CCCO1. The minimum absolute atomic E-state index is 0.0196. The van der Waals surface area contributed by atoms with E-state index in [0.29, 0.717) is 16.7 Å². The number of nitrogens with zero attached hydrogens (tertiary/aromatic N) is 4. The van der Waals surface area contributed by atoms with Crippen LogP contribution in [0, 0.1) is 0 Å². The number of rotatable bonds is 7. The van der Waals surface area contributed by atoms with Crippen molar-refractivity contribution in [3.63, 3.8) is 0 Å². The summed E-state index contributed by atoms with van der Waals surface area (Å²) in [5, 5.41) is 12.9. The zero-order valence-electron chi connectivity index (χ0n) is 16.5. The molecule has 0 bridgehead atoms. The fourth-order valence-electron chi connectivity index (χ4n) is 3.68. The number of benzene rings is 1. The van der Waals surface area contributed by atoms with Crippen molar-refractivity contribution in [1.29, 1.82) is 0 Å². The number of halogens is 1. The van der Waals surface area contributed by atoms with Crippen molar-refractivity contribution in [2.75, 3.05) is 31.1 Å². The summed E-state index contributed by atoms with van der Waals surface area (Å²) in [7, 11) is 0. The lowest BCUT2D eigenvalue weighted by molar-refractivity contribution is -0.120. The molecule has 2 fully saturated rings. The first-order valence-corrected chi connectivity index (χ1v) is 11.4. The number of carbonyl (C=O) groups is 1. The molecule has 9 heteroatoms. The van der Waals surface area contributed by atoms with E-state index in [1.54, 1.807) is 0 Å².